The summed E-state index contributed by atoms with van der Waals surface area (Å²) in [6.07, 6.45) is 0. The lowest BCUT2D eigenvalue weighted by Crippen LogP contribution is -2.10. The van der Waals surface area contributed by atoms with Crippen molar-refractivity contribution in [1.29, 1.82) is 0 Å². The predicted molar refractivity (Wildman–Crippen MR) is 74.8 cm³/mol. The Morgan fingerprint density at radius 3 is 2.95 bits per heavy atom. The van der Waals surface area contributed by atoms with E-state index in [9.17, 15) is 4.79 Å². The Morgan fingerprint density at radius 1 is 1.58 bits per heavy atom. The van der Waals surface area contributed by atoms with E-state index >= 15 is 0 Å². The Kier molecular flexibility index (Phi) is 3.99. The lowest BCUT2D eigenvalue weighted by atomic mass is 10.2. The molecule has 0 saturated carbocycles. The van der Waals surface area contributed by atoms with E-state index in [-0.39, 0.29) is 0 Å². The zero-order valence-corrected chi connectivity index (χ0v) is 11.9. The van der Waals surface area contributed by atoms with Crippen molar-refractivity contribution in [3.05, 3.63) is 18.2 Å². The first-order valence-electron chi connectivity index (χ1n) is 6.02. The van der Waals surface area contributed by atoms with Crippen LogP contribution in [0, 0.1) is 0 Å². The van der Waals surface area contributed by atoms with Gasteiger partial charge in [-0.05, 0) is 32.0 Å². The molecule has 1 aromatic carbocycles. The van der Waals surface area contributed by atoms with Crippen LogP contribution < -0.4 is 4.74 Å². The summed E-state index contributed by atoms with van der Waals surface area (Å²) in [4.78, 5) is 11.8. The van der Waals surface area contributed by atoms with Gasteiger partial charge < -0.3 is 9.84 Å². The average molecular weight is 280 g/mol. The lowest BCUT2D eigenvalue weighted by molar-refractivity contribution is -0.136. The average Bonchev–Trinajstić information content (AvgIpc) is 2.66. The van der Waals surface area contributed by atoms with E-state index in [1.807, 2.05) is 32.2 Å². The summed E-state index contributed by atoms with van der Waals surface area (Å²) in [6, 6.07) is 5.77. The van der Waals surface area contributed by atoms with E-state index < -0.39 is 11.2 Å². The number of aryl methyl sites for hydroxylation is 1. The Balaban J connectivity index is 2.38. The van der Waals surface area contributed by atoms with E-state index in [1.165, 1.54) is 11.8 Å². The van der Waals surface area contributed by atoms with Gasteiger partial charge in [0.05, 0.1) is 17.5 Å². The topological polar surface area (TPSA) is 64.4 Å². The molecule has 0 amide bonds. The quantitative estimate of drug-likeness (QED) is 0.853. The maximum Gasteiger partial charge on any atom is 0.316 e. The number of carbonyl (C=O) groups is 1. The van der Waals surface area contributed by atoms with Gasteiger partial charge in [-0.25, -0.2) is 0 Å². The van der Waals surface area contributed by atoms with Crippen molar-refractivity contribution in [3.8, 4) is 5.88 Å². The number of carboxylic acids is 1. The Morgan fingerprint density at radius 2 is 2.32 bits per heavy atom. The van der Waals surface area contributed by atoms with Gasteiger partial charge in [-0.1, -0.05) is 0 Å². The minimum atomic E-state index is -0.818. The number of aromatic nitrogens is 2. The Bertz CT molecular complexity index is 609. The molecule has 1 aromatic heterocycles. The molecule has 6 heteroatoms. The molecule has 0 aliphatic carbocycles. The molecule has 5 nitrogen and oxygen atoms in total. The van der Waals surface area contributed by atoms with Crippen LogP contribution in [-0.4, -0.2) is 32.7 Å². The SMILES string of the molecule is CCOc1nn(C)c2ccc(SC(C)C(=O)O)cc12. The molecule has 102 valence electrons. The van der Waals surface area contributed by atoms with Gasteiger partial charge in [0.2, 0.25) is 5.88 Å². The first-order chi connectivity index (χ1) is 9.02. The molecular weight excluding hydrogens is 264 g/mol. The van der Waals surface area contributed by atoms with Gasteiger partial charge in [0.1, 0.15) is 5.25 Å². The highest BCUT2D eigenvalue weighted by Gasteiger charge is 2.15. The second kappa shape index (κ2) is 5.52. The number of nitrogens with zero attached hydrogens (tertiary/aromatic N) is 2. The van der Waals surface area contributed by atoms with Crippen molar-refractivity contribution in [2.75, 3.05) is 6.61 Å². The predicted octanol–water partition coefficient (Wildman–Crippen LogP) is 2.54. The number of rotatable bonds is 5. The van der Waals surface area contributed by atoms with Crippen molar-refractivity contribution in [2.24, 2.45) is 7.05 Å². The molecule has 1 unspecified atom stereocenters. The number of hydrogen-bond donors (Lipinski definition) is 1. The van der Waals surface area contributed by atoms with Crippen LogP contribution in [0.1, 0.15) is 13.8 Å². The monoisotopic (exact) mass is 280 g/mol. The molecule has 0 saturated heterocycles. The van der Waals surface area contributed by atoms with Crippen LogP contribution in [0.4, 0.5) is 0 Å². The summed E-state index contributed by atoms with van der Waals surface area (Å²) in [5.74, 6) is -0.230. The van der Waals surface area contributed by atoms with Gasteiger partial charge in [0, 0.05) is 11.9 Å². The van der Waals surface area contributed by atoms with E-state index in [0.29, 0.717) is 12.5 Å². The number of aliphatic carboxylic acids is 1. The highest BCUT2D eigenvalue weighted by Crippen LogP contribution is 2.31. The molecule has 0 radical (unpaired) electrons. The number of carboxylic acid groups (broad SMARTS) is 1. The van der Waals surface area contributed by atoms with Gasteiger partial charge in [-0.3, -0.25) is 9.48 Å². The van der Waals surface area contributed by atoms with Crippen LogP contribution in [0.25, 0.3) is 10.9 Å². The number of ether oxygens (including phenoxy) is 1. The molecule has 2 rings (SSSR count). The summed E-state index contributed by atoms with van der Waals surface area (Å²) in [6.45, 7) is 4.13. The van der Waals surface area contributed by atoms with E-state index in [1.54, 1.807) is 11.6 Å². The molecule has 0 aliphatic rings. The minimum Gasteiger partial charge on any atom is -0.480 e. The minimum absolute atomic E-state index is 0.482. The number of thioether (sulfide) groups is 1. The van der Waals surface area contributed by atoms with E-state index in [4.69, 9.17) is 9.84 Å². The summed E-state index contributed by atoms with van der Waals surface area (Å²) < 4.78 is 7.25. The third kappa shape index (κ3) is 2.84. The van der Waals surface area contributed by atoms with Crippen molar-refractivity contribution >= 4 is 28.6 Å². The van der Waals surface area contributed by atoms with Crippen molar-refractivity contribution < 1.29 is 14.6 Å². The normalized spacial score (nSPS) is 12.6. The smallest absolute Gasteiger partial charge is 0.316 e. The summed E-state index contributed by atoms with van der Waals surface area (Å²) in [5, 5.41) is 13.7. The standard InChI is InChI=1S/C13H16N2O3S/c1-4-18-12-10-7-9(19-8(2)13(16)17)5-6-11(10)15(3)14-12/h5-8H,4H2,1-3H3,(H,16,17). The van der Waals surface area contributed by atoms with E-state index in [2.05, 4.69) is 5.10 Å². The second-order valence-corrected chi connectivity index (χ2v) is 5.55. The maximum absolute atomic E-state index is 10.9. The fourth-order valence-corrected chi connectivity index (χ4v) is 2.63. The van der Waals surface area contributed by atoms with Crippen molar-refractivity contribution in [3.63, 3.8) is 0 Å². The summed E-state index contributed by atoms with van der Waals surface area (Å²) >= 11 is 1.31. The molecule has 19 heavy (non-hydrogen) atoms. The molecule has 1 atom stereocenters. The van der Waals surface area contributed by atoms with Crippen LogP contribution in [0.2, 0.25) is 0 Å². The van der Waals surface area contributed by atoms with Gasteiger partial charge in [0.15, 0.2) is 0 Å². The van der Waals surface area contributed by atoms with Crippen molar-refractivity contribution in [2.45, 2.75) is 24.0 Å². The highest BCUT2D eigenvalue weighted by atomic mass is 32.2. The lowest BCUT2D eigenvalue weighted by Gasteiger charge is -2.06. The fourth-order valence-electron chi connectivity index (χ4n) is 1.78. The van der Waals surface area contributed by atoms with Crippen LogP contribution in [-0.2, 0) is 11.8 Å². The Hall–Kier alpha value is -1.69. The largest absolute Gasteiger partial charge is 0.480 e. The Labute approximate surface area is 115 Å². The summed E-state index contributed by atoms with van der Waals surface area (Å²) in [7, 11) is 1.86. The zero-order valence-electron chi connectivity index (χ0n) is 11.1. The fraction of sp³-hybridized carbons (Fsp3) is 0.385. The zero-order chi connectivity index (χ0) is 14.0. The highest BCUT2D eigenvalue weighted by molar-refractivity contribution is 8.00. The van der Waals surface area contributed by atoms with Crippen LogP contribution in [0.15, 0.2) is 23.1 Å². The number of fused-ring (bicyclic) bond motifs is 1. The van der Waals surface area contributed by atoms with Gasteiger partial charge in [-0.15, -0.1) is 16.9 Å². The maximum atomic E-state index is 10.9. The van der Waals surface area contributed by atoms with Crippen molar-refractivity contribution in [1.82, 2.24) is 9.78 Å². The van der Waals surface area contributed by atoms with Gasteiger partial charge in [0.25, 0.3) is 0 Å². The first kappa shape index (κ1) is 13.7. The third-order valence-corrected chi connectivity index (χ3v) is 3.81. The second-order valence-electron chi connectivity index (χ2n) is 4.14. The molecular formula is C13H16N2O3S. The molecule has 0 aliphatic heterocycles. The number of hydrogen-bond acceptors (Lipinski definition) is 4. The van der Waals surface area contributed by atoms with Gasteiger partial charge in [-0.2, -0.15) is 0 Å². The van der Waals surface area contributed by atoms with E-state index in [0.717, 1.165) is 15.8 Å². The molecule has 1 heterocycles. The molecule has 2 aromatic rings. The number of benzene rings is 1. The molecule has 1 N–H and O–H groups in total. The molecule has 0 fully saturated rings. The third-order valence-electron chi connectivity index (χ3n) is 2.73. The van der Waals surface area contributed by atoms with Crippen LogP contribution in [0.3, 0.4) is 0 Å². The van der Waals surface area contributed by atoms with Crippen LogP contribution >= 0.6 is 11.8 Å². The van der Waals surface area contributed by atoms with Gasteiger partial charge >= 0.3 is 5.97 Å². The molecule has 0 bridgehead atoms. The first-order valence-corrected chi connectivity index (χ1v) is 6.90. The molecule has 0 spiro atoms. The van der Waals surface area contributed by atoms with Crippen LogP contribution in [0.5, 0.6) is 5.88 Å². The summed E-state index contributed by atoms with van der Waals surface area (Å²) in [5.41, 5.74) is 0.968.